The van der Waals surface area contributed by atoms with Crippen LogP contribution in [0.3, 0.4) is 0 Å². The molecule has 3 heteroatoms. The van der Waals surface area contributed by atoms with Gasteiger partial charge in [-0.25, -0.2) is 0 Å². The van der Waals surface area contributed by atoms with Crippen LogP contribution >= 0.6 is 0 Å². The van der Waals surface area contributed by atoms with Gasteiger partial charge in [0.05, 0.1) is 6.07 Å². The third kappa shape index (κ3) is 3.39. The van der Waals surface area contributed by atoms with Crippen molar-refractivity contribution in [3.05, 3.63) is 35.9 Å². The van der Waals surface area contributed by atoms with Gasteiger partial charge < -0.3 is 4.90 Å². The first-order valence-electron chi connectivity index (χ1n) is 5.31. The Labute approximate surface area is 96.3 Å². The van der Waals surface area contributed by atoms with E-state index in [0.29, 0.717) is 6.54 Å². The van der Waals surface area contributed by atoms with Gasteiger partial charge in [0.1, 0.15) is 0 Å². The van der Waals surface area contributed by atoms with Gasteiger partial charge in [-0.3, -0.25) is 4.79 Å². The van der Waals surface area contributed by atoms with Gasteiger partial charge in [-0.1, -0.05) is 37.3 Å². The van der Waals surface area contributed by atoms with Crippen LogP contribution in [-0.4, -0.2) is 17.9 Å². The van der Waals surface area contributed by atoms with Crippen LogP contribution in [0.15, 0.2) is 30.3 Å². The molecule has 0 saturated carbocycles. The Morgan fingerprint density at radius 1 is 1.44 bits per heavy atom. The first-order valence-corrected chi connectivity index (χ1v) is 5.31. The van der Waals surface area contributed by atoms with E-state index in [1.807, 2.05) is 36.4 Å². The lowest BCUT2D eigenvalue weighted by molar-refractivity contribution is -0.134. The molecule has 1 aromatic rings. The Balaban J connectivity index is 2.56. The fourth-order valence-electron chi connectivity index (χ4n) is 1.54. The van der Waals surface area contributed by atoms with Gasteiger partial charge in [0, 0.05) is 25.9 Å². The zero-order chi connectivity index (χ0) is 12.0. The lowest BCUT2D eigenvalue weighted by Crippen LogP contribution is -2.31. The lowest BCUT2D eigenvalue weighted by Gasteiger charge is -2.20. The molecule has 16 heavy (non-hydrogen) atoms. The van der Waals surface area contributed by atoms with E-state index in [2.05, 4.69) is 0 Å². The second kappa shape index (κ2) is 5.92. The molecule has 1 amide bonds. The Kier molecular flexibility index (Phi) is 4.53. The third-order valence-electron chi connectivity index (χ3n) is 2.46. The smallest absolute Gasteiger partial charge is 0.226 e. The quantitative estimate of drug-likeness (QED) is 0.774. The van der Waals surface area contributed by atoms with Crippen LogP contribution in [0.1, 0.15) is 18.9 Å². The van der Waals surface area contributed by atoms with Gasteiger partial charge in [0.25, 0.3) is 0 Å². The molecule has 0 N–H and O–H groups in total. The average molecular weight is 216 g/mol. The summed E-state index contributed by atoms with van der Waals surface area (Å²) in [6.45, 7) is 2.38. The van der Waals surface area contributed by atoms with Crippen LogP contribution in [0.2, 0.25) is 0 Å². The molecule has 0 radical (unpaired) electrons. The molecule has 0 aliphatic carbocycles. The molecule has 0 aromatic heterocycles. The van der Waals surface area contributed by atoms with E-state index in [0.717, 1.165) is 5.56 Å². The summed E-state index contributed by atoms with van der Waals surface area (Å²) in [6, 6.07) is 11.8. The number of nitrogens with zero attached hydrogens (tertiary/aromatic N) is 2. The predicted octanol–water partition coefficient (Wildman–Crippen LogP) is 2.19. The number of hydrogen-bond acceptors (Lipinski definition) is 2. The molecule has 84 valence electrons. The van der Waals surface area contributed by atoms with E-state index in [4.69, 9.17) is 5.26 Å². The fraction of sp³-hybridized carbons (Fsp3) is 0.385. The standard InChI is InChI=1S/C13H16N2O/c1-11(8-9-14)13(16)15(2)10-12-6-4-3-5-7-12/h3-7,11H,8,10H2,1-2H3. The molecule has 1 unspecified atom stereocenters. The Morgan fingerprint density at radius 2 is 2.06 bits per heavy atom. The minimum absolute atomic E-state index is 0.0189. The zero-order valence-electron chi connectivity index (χ0n) is 9.68. The van der Waals surface area contributed by atoms with Crippen molar-refractivity contribution in [1.82, 2.24) is 4.90 Å². The second-order valence-corrected chi connectivity index (χ2v) is 3.94. The number of benzene rings is 1. The van der Waals surface area contributed by atoms with Crippen molar-refractivity contribution in [3.63, 3.8) is 0 Å². The number of carbonyl (C=O) groups is 1. The monoisotopic (exact) mass is 216 g/mol. The van der Waals surface area contributed by atoms with Crippen LogP contribution < -0.4 is 0 Å². The van der Waals surface area contributed by atoms with Crippen LogP contribution in [0, 0.1) is 17.2 Å². The molecule has 0 saturated heterocycles. The summed E-state index contributed by atoms with van der Waals surface area (Å²) in [7, 11) is 1.77. The summed E-state index contributed by atoms with van der Waals surface area (Å²) in [6.07, 6.45) is 0.276. The largest absolute Gasteiger partial charge is 0.341 e. The first-order chi connectivity index (χ1) is 7.65. The maximum absolute atomic E-state index is 11.8. The molecule has 1 aromatic carbocycles. The van der Waals surface area contributed by atoms with Gasteiger partial charge in [0.15, 0.2) is 0 Å². The number of amides is 1. The number of nitriles is 1. The van der Waals surface area contributed by atoms with E-state index in [1.165, 1.54) is 0 Å². The van der Waals surface area contributed by atoms with E-state index < -0.39 is 0 Å². The van der Waals surface area contributed by atoms with Crippen LogP contribution in [0.25, 0.3) is 0 Å². The number of hydrogen-bond donors (Lipinski definition) is 0. The van der Waals surface area contributed by atoms with Crippen molar-refractivity contribution in [2.75, 3.05) is 7.05 Å². The SMILES string of the molecule is CC(CC#N)C(=O)N(C)Cc1ccccc1. The molecule has 0 fully saturated rings. The minimum Gasteiger partial charge on any atom is -0.341 e. The van der Waals surface area contributed by atoms with Crippen molar-refractivity contribution in [3.8, 4) is 6.07 Å². The Hall–Kier alpha value is -1.82. The second-order valence-electron chi connectivity index (χ2n) is 3.94. The summed E-state index contributed by atoms with van der Waals surface area (Å²) in [5.74, 6) is -0.205. The molecular weight excluding hydrogens is 200 g/mol. The van der Waals surface area contributed by atoms with Gasteiger partial charge in [-0.05, 0) is 5.56 Å². The first kappa shape index (κ1) is 12.3. The molecule has 1 atom stereocenters. The normalized spacial score (nSPS) is 11.6. The summed E-state index contributed by atoms with van der Waals surface area (Å²) < 4.78 is 0. The van der Waals surface area contributed by atoms with Crippen molar-refractivity contribution in [2.45, 2.75) is 19.9 Å². The highest BCUT2D eigenvalue weighted by Gasteiger charge is 2.16. The van der Waals surface area contributed by atoms with Gasteiger partial charge in [0.2, 0.25) is 5.91 Å². The minimum atomic E-state index is -0.223. The molecule has 0 aliphatic heterocycles. The van der Waals surface area contributed by atoms with Crippen molar-refractivity contribution >= 4 is 5.91 Å². The highest BCUT2D eigenvalue weighted by Crippen LogP contribution is 2.09. The fourth-order valence-corrected chi connectivity index (χ4v) is 1.54. The molecule has 1 rings (SSSR count). The van der Waals surface area contributed by atoms with Crippen molar-refractivity contribution in [1.29, 1.82) is 5.26 Å². The summed E-state index contributed by atoms with van der Waals surface area (Å²) in [5, 5.41) is 8.54. The van der Waals surface area contributed by atoms with E-state index in [-0.39, 0.29) is 18.2 Å². The zero-order valence-corrected chi connectivity index (χ0v) is 9.68. The van der Waals surface area contributed by atoms with Gasteiger partial charge in [-0.2, -0.15) is 5.26 Å². The van der Waals surface area contributed by atoms with Crippen LogP contribution in [0.4, 0.5) is 0 Å². The molecule has 0 spiro atoms. The van der Waals surface area contributed by atoms with Gasteiger partial charge in [-0.15, -0.1) is 0 Å². The van der Waals surface area contributed by atoms with Gasteiger partial charge >= 0.3 is 0 Å². The van der Waals surface area contributed by atoms with E-state index >= 15 is 0 Å². The molecular formula is C13H16N2O. The maximum atomic E-state index is 11.8. The average Bonchev–Trinajstić information content (AvgIpc) is 2.29. The molecule has 0 aliphatic rings. The Bertz CT molecular complexity index is 381. The third-order valence-corrected chi connectivity index (χ3v) is 2.46. The molecule has 0 bridgehead atoms. The molecule has 0 heterocycles. The topological polar surface area (TPSA) is 44.1 Å². The number of rotatable bonds is 4. The van der Waals surface area contributed by atoms with E-state index in [1.54, 1.807) is 18.9 Å². The summed E-state index contributed by atoms with van der Waals surface area (Å²) in [5.41, 5.74) is 1.10. The van der Waals surface area contributed by atoms with Crippen molar-refractivity contribution < 1.29 is 4.79 Å². The summed E-state index contributed by atoms with van der Waals surface area (Å²) in [4.78, 5) is 13.5. The lowest BCUT2D eigenvalue weighted by atomic mass is 10.1. The maximum Gasteiger partial charge on any atom is 0.226 e. The van der Waals surface area contributed by atoms with Crippen LogP contribution in [0.5, 0.6) is 0 Å². The molecule has 3 nitrogen and oxygen atoms in total. The number of carbonyl (C=O) groups excluding carboxylic acids is 1. The highest BCUT2D eigenvalue weighted by molar-refractivity contribution is 5.78. The van der Waals surface area contributed by atoms with Crippen molar-refractivity contribution in [2.24, 2.45) is 5.92 Å². The summed E-state index contributed by atoms with van der Waals surface area (Å²) >= 11 is 0. The van der Waals surface area contributed by atoms with Crippen LogP contribution in [-0.2, 0) is 11.3 Å². The van der Waals surface area contributed by atoms with E-state index in [9.17, 15) is 4.79 Å². The Morgan fingerprint density at radius 3 is 2.62 bits per heavy atom. The highest BCUT2D eigenvalue weighted by atomic mass is 16.2. The predicted molar refractivity (Wildman–Crippen MR) is 62.3 cm³/mol.